The molecule has 1 rings (SSSR count). The molecule has 0 aliphatic rings. The zero-order valence-corrected chi connectivity index (χ0v) is 16.5. The van der Waals surface area contributed by atoms with Crippen LogP contribution in [0.2, 0.25) is 0 Å². The molecule has 1 aromatic carbocycles. The Labute approximate surface area is 152 Å². The standard InChI is InChI=1S/C21H34O2S/c1-4-6-7-8-9-10-11-12-13-20(24-5-2)21(23)18-16-17(3)14-15-19(18)22/h14-16,20,22H,4-13H2,1-3H3/t20-/m1/s1. The Balaban J connectivity index is 2.43. The van der Waals surface area contributed by atoms with Crippen LogP contribution in [0.5, 0.6) is 5.75 Å². The molecule has 0 unspecified atom stereocenters. The number of rotatable bonds is 13. The first kappa shape index (κ1) is 21.1. The first-order chi connectivity index (χ1) is 11.6. The van der Waals surface area contributed by atoms with Gasteiger partial charge in [-0.3, -0.25) is 4.79 Å². The second-order valence-electron chi connectivity index (χ2n) is 6.59. The molecule has 0 heterocycles. The fourth-order valence-electron chi connectivity index (χ4n) is 2.98. The minimum absolute atomic E-state index is 0.0252. The number of benzene rings is 1. The maximum Gasteiger partial charge on any atom is 0.179 e. The van der Waals surface area contributed by atoms with Gasteiger partial charge in [0.05, 0.1) is 10.8 Å². The second kappa shape index (κ2) is 12.4. The number of carbonyl (C=O) groups is 1. The number of aryl methyl sites for hydroxylation is 1. The van der Waals surface area contributed by atoms with E-state index in [4.69, 9.17) is 0 Å². The molecule has 0 aromatic heterocycles. The zero-order valence-electron chi connectivity index (χ0n) is 15.6. The van der Waals surface area contributed by atoms with Gasteiger partial charge in [0.15, 0.2) is 5.78 Å². The van der Waals surface area contributed by atoms with Crippen molar-refractivity contribution in [3.8, 4) is 5.75 Å². The summed E-state index contributed by atoms with van der Waals surface area (Å²) in [4.78, 5) is 12.8. The first-order valence-electron chi connectivity index (χ1n) is 9.55. The number of ketones is 1. The van der Waals surface area contributed by atoms with E-state index >= 15 is 0 Å². The summed E-state index contributed by atoms with van der Waals surface area (Å²) in [5.74, 6) is 1.13. The highest BCUT2D eigenvalue weighted by Crippen LogP contribution is 2.27. The topological polar surface area (TPSA) is 37.3 Å². The third-order valence-corrected chi connectivity index (χ3v) is 5.58. The van der Waals surface area contributed by atoms with Gasteiger partial charge in [-0.2, -0.15) is 11.8 Å². The lowest BCUT2D eigenvalue weighted by Gasteiger charge is -2.16. The molecule has 0 aliphatic heterocycles. The Bertz CT molecular complexity index is 485. The molecule has 0 aliphatic carbocycles. The van der Waals surface area contributed by atoms with E-state index in [9.17, 15) is 9.90 Å². The number of unbranched alkanes of at least 4 members (excludes halogenated alkanes) is 7. The average Bonchev–Trinajstić information content (AvgIpc) is 2.57. The van der Waals surface area contributed by atoms with Crippen molar-refractivity contribution in [2.75, 3.05) is 5.75 Å². The number of aromatic hydroxyl groups is 1. The van der Waals surface area contributed by atoms with E-state index in [2.05, 4.69) is 13.8 Å². The first-order valence-corrected chi connectivity index (χ1v) is 10.6. The van der Waals surface area contributed by atoms with Crippen LogP contribution in [0.25, 0.3) is 0 Å². The minimum atomic E-state index is -0.0252. The van der Waals surface area contributed by atoms with E-state index in [-0.39, 0.29) is 16.8 Å². The van der Waals surface area contributed by atoms with Crippen LogP contribution in [0.1, 0.15) is 87.6 Å². The SMILES string of the molecule is CCCCCCCCCC[C@@H](SCC)C(=O)c1cc(C)ccc1O. The van der Waals surface area contributed by atoms with Crippen molar-refractivity contribution in [3.63, 3.8) is 0 Å². The number of carbonyl (C=O) groups excluding carboxylic acids is 1. The number of hydrogen-bond acceptors (Lipinski definition) is 3. The molecule has 0 bridgehead atoms. The largest absolute Gasteiger partial charge is 0.507 e. The molecule has 24 heavy (non-hydrogen) atoms. The fourth-order valence-corrected chi connectivity index (χ4v) is 3.99. The Morgan fingerprint density at radius 1 is 1.04 bits per heavy atom. The highest BCUT2D eigenvalue weighted by Gasteiger charge is 2.22. The van der Waals surface area contributed by atoms with Crippen molar-refractivity contribution >= 4 is 17.5 Å². The lowest BCUT2D eigenvalue weighted by atomic mass is 10.0. The van der Waals surface area contributed by atoms with Crippen LogP contribution in [-0.2, 0) is 0 Å². The third-order valence-electron chi connectivity index (χ3n) is 4.40. The average molecular weight is 351 g/mol. The van der Waals surface area contributed by atoms with Gasteiger partial charge in [0, 0.05) is 0 Å². The molecular weight excluding hydrogens is 316 g/mol. The van der Waals surface area contributed by atoms with Crippen molar-refractivity contribution in [2.24, 2.45) is 0 Å². The minimum Gasteiger partial charge on any atom is -0.507 e. The Kier molecular flexibility index (Phi) is 10.9. The van der Waals surface area contributed by atoms with Crippen LogP contribution in [0, 0.1) is 6.92 Å². The normalized spacial score (nSPS) is 12.3. The van der Waals surface area contributed by atoms with E-state index in [0.717, 1.165) is 24.2 Å². The number of thioether (sulfide) groups is 1. The summed E-state index contributed by atoms with van der Waals surface area (Å²) >= 11 is 1.71. The quantitative estimate of drug-likeness (QED) is 0.324. The maximum absolute atomic E-state index is 12.8. The second-order valence-corrected chi connectivity index (χ2v) is 8.07. The number of Topliss-reactive ketones (excluding diaryl/α,β-unsaturated/α-hetero) is 1. The summed E-state index contributed by atoms with van der Waals surface area (Å²) in [6.07, 6.45) is 11.2. The summed E-state index contributed by atoms with van der Waals surface area (Å²) in [5.41, 5.74) is 1.50. The number of phenols is 1. The van der Waals surface area contributed by atoms with Crippen molar-refractivity contribution in [1.29, 1.82) is 0 Å². The summed E-state index contributed by atoms with van der Waals surface area (Å²) in [7, 11) is 0. The predicted molar refractivity (Wildman–Crippen MR) is 106 cm³/mol. The molecule has 1 N–H and O–H groups in total. The Morgan fingerprint density at radius 2 is 1.67 bits per heavy atom. The molecule has 0 spiro atoms. The molecule has 0 saturated heterocycles. The molecule has 0 radical (unpaired) electrons. The van der Waals surface area contributed by atoms with E-state index in [1.165, 1.54) is 44.9 Å². The van der Waals surface area contributed by atoms with Crippen molar-refractivity contribution < 1.29 is 9.90 Å². The van der Waals surface area contributed by atoms with Crippen LogP contribution in [-0.4, -0.2) is 21.9 Å². The highest BCUT2D eigenvalue weighted by atomic mass is 32.2. The third kappa shape index (κ3) is 7.74. The number of hydrogen-bond donors (Lipinski definition) is 1. The van der Waals surface area contributed by atoms with Crippen LogP contribution in [0.15, 0.2) is 18.2 Å². The van der Waals surface area contributed by atoms with E-state index in [0.29, 0.717) is 5.56 Å². The summed E-state index contributed by atoms with van der Waals surface area (Å²) in [5, 5.41) is 9.98. The van der Waals surface area contributed by atoms with Crippen LogP contribution in [0.3, 0.4) is 0 Å². The van der Waals surface area contributed by atoms with Crippen LogP contribution >= 0.6 is 11.8 Å². The zero-order chi connectivity index (χ0) is 17.8. The lowest BCUT2D eigenvalue weighted by Crippen LogP contribution is -2.18. The number of phenolic OH excluding ortho intramolecular Hbond substituents is 1. The molecule has 136 valence electrons. The van der Waals surface area contributed by atoms with Crippen LogP contribution < -0.4 is 0 Å². The molecule has 1 atom stereocenters. The van der Waals surface area contributed by atoms with Crippen molar-refractivity contribution in [2.45, 2.75) is 83.8 Å². The molecule has 0 saturated carbocycles. The summed E-state index contributed by atoms with van der Waals surface area (Å²) in [6, 6.07) is 5.29. The molecule has 0 fully saturated rings. The molecule has 1 aromatic rings. The van der Waals surface area contributed by atoms with E-state index in [1.54, 1.807) is 17.8 Å². The van der Waals surface area contributed by atoms with Gasteiger partial charge in [-0.15, -0.1) is 0 Å². The van der Waals surface area contributed by atoms with Crippen molar-refractivity contribution in [1.82, 2.24) is 0 Å². The predicted octanol–water partition coefficient (Wildman–Crippen LogP) is 6.54. The Morgan fingerprint density at radius 3 is 2.29 bits per heavy atom. The molecule has 3 heteroatoms. The van der Waals surface area contributed by atoms with Gasteiger partial charge >= 0.3 is 0 Å². The highest BCUT2D eigenvalue weighted by molar-refractivity contribution is 8.00. The maximum atomic E-state index is 12.8. The van der Waals surface area contributed by atoms with Gasteiger partial charge in [0.2, 0.25) is 0 Å². The van der Waals surface area contributed by atoms with E-state index in [1.807, 2.05) is 19.1 Å². The van der Waals surface area contributed by atoms with E-state index < -0.39 is 0 Å². The molecular formula is C21H34O2S. The lowest BCUT2D eigenvalue weighted by molar-refractivity contribution is 0.0983. The summed E-state index contributed by atoms with van der Waals surface area (Å²) in [6.45, 7) is 6.29. The molecule has 2 nitrogen and oxygen atoms in total. The van der Waals surface area contributed by atoms with Gasteiger partial charge in [0.25, 0.3) is 0 Å². The fraction of sp³-hybridized carbons (Fsp3) is 0.667. The summed E-state index contributed by atoms with van der Waals surface area (Å²) < 4.78 is 0. The smallest absolute Gasteiger partial charge is 0.179 e. The van der Waals surface area contributed by atoms with Gasteiger partial charge in [-0.05, 0) is 31.2 Å². The monoisotopic (exact) mass is 350 g/mol. The molecule has 0 amide bonds. The van der Waals surface area contributed by atoms with Crippen LogP contribution in [0.4, 0.5) is 0 Å². The van der Waals surface area contributed by atoms with Gasteiger partial charge in [0.1, 0.15) is 5.75 Å². The van der Waals surface area contributed by atoms with Gasteiger partial charge in [-0.1, -0.05) is 76.8 Å². The Hall–Kier alpha value is -0.960. The van der Waals surface area contributed by atoms with Gasteiger partial charge in [-0.25, -0.2) is 0 Å². The van der Waals surface area contributed by atoms with Gasteiger partial charge < -0.3 is 5.11 Å². The van der Waals surface area contributed by atoms with Crippen molar-refractivity contribution in [3.05, 3.63) is 29.3 Å².